The van der Waals surface area contributed by atoms with E-state index in [0.717, 1.165) is 6.20 Å². The summed E-state index contributed by atoms with van der Waals surface area (Å²) < 4.78 is 37.7. The molecule has 0 spiro atoms. The Bertz CT molecular complexity index is 671. The number of hydrogen-bond acceptors (Lipinski definition) is 4. The number of anilines is 1. The molecule has 0 fully saturated rings. The molecule has 20 heavy (non-hydrogen) atoms. The van der Waals surface area contributed by atoms with Crippen LogP contribution in [0.1, 0.15) is 11.1 Å². The van der Waals surface area contributed by atoms with Crippen molar-refractivity contribution in [1.82, 2.24) is 0 Å². The largest absolute Gasteiger partial charge is 0.416 e. The topological polar surface area (TPSA) is 83.4 Å². The van der Waals surface area contributed by atoms with Gasteiger partial charge in [0.2, 0.25) is 0 Å². The van der Waals surface area contributed by atoms with E-state index >= 15 is 0 Å². The Morgan fingerprint density at radius 3 is 2.25 bits per heavy atom. The van der Waals surface area contributed by atoms with Crippen LogP contribution in [0, 0.1) is 34.0 Å². The maximum absolute atomic E-state index is 12.6. The fraction of sp³-hybridized carbons (Fsp3) is 0.0833. The van der Waals surface area contributed by atoms with Gasteiger partial charge < -0.3 is 5.32 Å². The summed E-state index contributed by atoms with van der Waals surface area (Å²) in [5, 5.41) is 27.9. The van der Waals surface area contributed by atoms with Gasteiger partial charge in [-0.2, -0.15) is 29.0 Å². The molecule has 0 aliphatic carbocycles. The van der Waals surface area contributed by atoms with Gasteiger partial charge in [0, 0.05) is 6.20 Å². The van der Waals surface area contributed by atoms with Gasteiger partial charge in [0.1, 0.15) is 23.8 Å². The molecule has 0 heterocycles. The number of hydrogen-bond donors (Lipinski definition) is 1. The van der Waals surface area contributed by atoms with E-state index in [1.807, 2.05) is 0 Å². The van der Waals surface area contributed by atoms with Gasteiger partial charge in [0.05, 0.1) is 21.8 Å². The van der Waals surface area contributed by atoms with Crippen molar-refractivity contribution in [3.63, 3.8) is 0 Å². The molecule has 0 amide bonds. The lowest BCUT2D eigenvalue weighted by Gasteiger charge is -2.11. The number of nitriles is 3. The Hall–Kier alpha value is -2.69. The number of nitrogens with zero attached hydrogens (tertiary/aromatic N) is 3. The average Bonchev–Trinajstić information content (AvgIpc) is 2.39. The lowest BCUT2D eigenvalue weighted by Crippen LogP contribution is -2.06. The maximum atomic E-state index is 12.6. The van der Waals surface area contributed by atoms with Crippen LogP contribution in [0.2, 0.25) is 5.02 Å². The summed E-state index contributed by atoms with van der Waals surface area (Å²) in [7, 11) is 0. The Morgan fingerprint density at radius 2 is 1.80 bits per heavy atom. The normalized spacial score (nSPS) is 9.85. The first kappa shape index (κ1) is 15.4. The third kappa shape index (κ3) is 3.41. The minimum atomic E-state index is -4.63. The lowest BCUT2D eigenvalue weighted by atomic mass is 10.1. The third-order valence-corrected chi connectivity index (χ3v) is 2.44. The van der Waals surface area contributed by atoms with Gasteiger partial charge in [0.15, 0.2) is 0 Å². The molecule has 0 radical (unpaired) electrons. The fourth-order valence-electron chi connectivity index (χ4n) is 1.24. The van der Waals surface area contributed by atoms with Gasteiger partial charge in [-0.05, 0) is 12.1 Å². The first-order chi connectivity index (χ1) is 9.33. The van der Waals surface area contributed by atoms with Crippen molar-refractivity contribution in [3.05, 3.63) is 40.1 Å². The molecule has 1 N–H and O–H groups in total. The van der Waals surface area contributed by atoms with Crippen LogP contribution in [-0.2, 0) is 6.18 Å². The van der Waals surface area contributed by atoms with Crippen molar-refractivity contribution in [2.24, 2.45) is 0 Å². The van der Waals surface area contributed by atoms with E-state index < -0.39 is 11.7 Å². The number of alkyl halides is 3. The second kappa shape index (κ2) is 5.97. The molecule has 8 heteroatoms. The highest BCUT2D eigenvalue weighted by molar-refractivity contribution is 6.33. The molecule has 0 aromatic heterocycles. The van der Waals surface area contributed by atoms with Crippen LogP contribution >= 0.6 is 11.6 Å². The number of allylic oxidation sites excluding steroid dienone is 1. The number of benzene rings is 1. The monoisotopic (exact) mass is 296 g/mol. The average molecular weight is 297 g/mol. The Balaban J connectivity index is 3.31. The zero-order valence-electron chi connectivity index (χ0n) is 9.59. The summed E-state index contributed by atoms with van der Waals surface area (Å²) >= 11 is 5.68. The molecule has 1 aromatic rings. The minimum absolute atomic E-state index is 0.106. The van der Waals surface area contributed by atoms with Gasteiger partial charge in [-0.1, -0.05) is 11.6 Å². The van der Waals surface area contributed by atoms with E-state index in [9.17, 15) is 13.2 Å². The molecule has 0 aliphatic rings. The van der Waals surface area contributed by atoms with E-state index in [2.05, 4.69) is 5.32 Å². The van der Waals surface area contributed by atoms with Crippen LogP contribution < -0.4 is 5.32 Å². The van der Waals surface area contributed by atoms with Crippen molar-refractivity contribution in [2.75, 3.05) is 5.32 Å². The van der Waals surface area contributed by atoms with E-state index in [1.165, 1.54) is 0 Å². The molecule has 1 rings (SSSR count). The maximum Gasteiger partial charge on any atom is 0.416 e. The molecule has 4 nitrogen and oxygen atoms in total. The molecule has 0 bridgehead atoms. The predicted molar refractivity (Wildman–Crippen MR) is 64.1 cm³/mol. The van der Waals surface area contributed by atoms with Crippen LogP contribution in [0.4, 0.5) is 18.9 Å². The van der Waals surface area contributed by atoms with Gasteiger partial charge in [-0.3, -0.25) is 0 Å². The smallest absolute Gasteiger partial charge is 0.358 e. The van der Waals surface area contributed by atoms with Crippen LogP contribution in [-0.4, -0.2) is 0 Å². The predicted octanol–water partition coefficient (Wildman–Crippen LogP) is 3.57. The van der Waals surface area contributed by atoms with Crippen LogP contribution in [0.5, 0.6) is 0 Å². The minimum Gasteiger partial charge on any atom is -0.358 e. The molecule has 0 saturated heterocycles. The molecule has 1 aromatic carbocycles. The van der Waals surface area contributed by atoms with Crippen molar-refractivity contribution in [2.45, 2.75) is 6.18 Å². The number of rotatable bonds is 2. The molecular weight excluding hydrogens is 293 g/mol. The SMILES string of the molecule is N#CC(C#N)=CNc1c(Cl)cc(C(F)(F)F)cc1C#N. The molecule has 0 unspecified atom stereocenters. The zero-order chi connectivity index (χ0) is 15.3. The Morgan fingerprint density at radius 1 is 1.20 bits per heavy atom. The summed E-state index contributed by atoms with van der Waals surface area (Å²) in [6.07, 6.45) is -3.68. The van der Waals surface area contributed by atoms with Crippen molar-refractivity contribution >= 4 is 17.3 Å². The molecule has 0 atom stereocenters. The number of nitrogens with one attached hydrogen (secondary N) is 1. The van der Waals surface area contributed by atoms with Crippen molar-refractivity contribution in [1.29, 1.82) is 15.8 Å². The Kier molecular flexibility index (Phi) is 4.59. The van der Waals surface area contributed by atoms with Gasteiger partial charge in [-0.15, -0.1) is 0 Å². The van der Waals surface area contributed by atoms with Gasteiger partial charge >= 0.3 is 6.18 Å². The summed E-state index contributed by atoms with van der Waals surface area (Å²) in [4.78, 5) is 0. The second-order valence-corrected chi connectivity index (χ2v) is 3.82. The fourth-order valence-corrected chi connectivity index (χ4v) is 1.51. The van der Waals surface area contributed by atoms with Crippen LogP contribution in [0.3, 0.4) is 0 Å². The summed E-state index contributed by atoms with van der Waals surface area (Å²) in [6, 6.07) is 5.93. The molecule has 100 valence electrons. The summed E-state index contributed by atoms with van der Waals surface area (Å²) in [5.74, 6) is 0. The highest BCUT2D eigenvalue weighted by Gasteiger charge is 2.32. The molecule has 0 saturated carbocycles. The standard InChI is InChI=1S/C12H4ClF3N4/c13-10-2-9(12(14,15)16)1-8(5-19)11(10)20-6-7(3-17)4-18/h1-2,6,20H. The second-order valence-electron chi connectivity index (χ2n) is 3.42. The van der Waals surface area contributed by atoms with E-state index in [1.54, 1.807) is 18.2 Å². The summed E-state index contributed by atoms with van der Waals surface area (Å²) in [5.41, 5.74) is -1.83. The highest BCUT2D eigenvalue weighted by atomic mass is 35.5. The van der Waals surface area contributed by atoms with Crippen LogP contribution in [0.25, 0.3) is 0 Å². The van der Waals surface area contributed by atoms with Gasteiger partial charge in [0.25, 0.3) is 0 Å². The van der Waals surface area contributed by atoms with Gasteiger partial charge in [-0.25, -0.2) is 0 Å². The highest BCUT2D eigenvalue weighted by Crippen LogP contribution is 2.36. The van der Waals surface area contributed by atoms with Crippen LogP contribution in [0.15, 0.2) is 23.9 Å². The number of halogens is 4. The summed E-state index contributed by atoms with van der Waals surface area (Å²) in [6.45, 7) is 0. The lowest BCUT2D eigenvalue weighted by molar-refractivity contribution is -0.137. The van der Waals surface area contributed by atoms with Crippen molar-refractivity contribution < 1.29 is 13.2 Å². The van der Waals surface area contributed by atoms with Crippen molar-refractivity contribution in [3.8, 4) is 18.2 Å². The third-order valence-electron chi connectivity index (χ3n) is 2.14. The van der Waals surface area contributed by atoms with E-state index in [0.29, 0.717) is 12.1 Å². The zero-order valence-corrected chi connectivity index (χ0v) is 10.3. The van der Waals surface area contributed by atoms with E-state index in [-0.39, 0.29) is 21.8 Å². The molecular formula is C12H4ClF3N4. The first-order valence-corrected chi connectivity index (χ1v) is 5.29. The Labute approximate surface area is 116 Å². The first-order valence-electron chi connectivity index (χ1n) is 4.91. The molecule has 0 aliphatic heterocycles. The quantitative estimate of drug-likeness (QED) is 0.846. The van der Waals surface area contributed by atoms with E-state index in [4.69, 9.17) is 27.4 Å².